The number of anilines is 2. The number of piperazine rings is 1. The molecule has 0 bridgehead atoms. The predicted molar refractivity (Wildman–Crippen MR) is 91.6 cm³/mol. The second kappa shape index (κ2) is 6.89. The number of nitrogen functional groups attached to an aromatic ring is 1. The summed E-state index contributed by atoms with van der Waals surface area (Å²) in [6.45, 7) is 3.59. The summed E-state index contributed by atoms with van der Waals surface area (Å²) in [5, 5.41) is 3.51. The maximum Gasteiger partial charge on any atom is 0.435 e. The third kappa shape index (κ3) is 3.92. The number of nitrogens with two attached hydrogens (primary N) is 1. The highest BCUT2D eigenvalue weighted by molar-refractivity contribution is 5.76. The maximum absolute atomic E-state index is 12.7. The fraction of sp³-hybridized carbons (Fsp3) is 0.412. The molecule has 0 aliphatic carbocycles. The molecule has 6 nitrogen and oxygen atoms in total. The maximum atomic E-state index is 12.7. The molecule has 1 fully saturated rings. The summed E-state index contributed by atoms with van der Waals surface area (Å²) < 4.78 is 39.3. The lowest BCUT2D eigenvalue weighted by Crippen LogP contribution is -2.49. The Hall–Kier alpha value is -2.71. The van der Waals surface area contributed by atoms with Gasteiger partial charge in [0.15, 0.2) is 5.69 Å². The molecule has 2 heterocycles. The van der Waals surface area contributed by atoms with Crippen LogP contribution >= 0.6 is 0 Å². The highest BCUT2D eigenvalue weighted by Gasteiger charge is 2.34. The van der Waals surface area contributed by atoms with Gasteiger partial charge in [0.05, 0.1) is 0 Å². The second-order valence-electron chi connectivity index (χ2n) is 6.29. The first-order valence-corrected chi connectivity index (χ1v) is 8.24. The van der Waals surface area contributed by atoms with E-state index in [4.69, 9.17) is 5.73 Å². The molecule has 0 atom stereocenters. The molecule has 140 valence electrons. The predicted octanol–water partition coefficient (Wildman–Crippen LogP) is 2.14. The van der Waals surface area contributed by atoms with E-state index in [-0.39, 0.29) is 12.5 Å². The van der Waals surface area contributed by atoms with Crippen molar-refractivity contribution in [1.82, 2.24) is 14.7 Å². The van der Waals surface area contributed by atoms with Gasteiger partial charge < -0.3 is 15.5 Å². The lowest BCUT2D eigenvalue weighted by molar-refractivity contribution is -0.142. The zero-order chi connectivity index (χ0) is 18.9. The van der Waals surface area contributed by atoms with Crippen LogP contribution in [0.5, 0.6) is 0 Å². The number of nitrogens with zero attached hydrogens (tertiary/aromatic N) is 4. The van der Waals surface area contributed by atoms with E-state index in [1.54, 1.807) is 4.90 Å². The van der Waals surface area contributed by atoms with Crippen molar-refractivity contribution < 1.29 is 18.0 Å². The summed E-state index contributed by atoms with van der Waals surface area (Å²) >= 11 is 0. The summed E-state index contributed by atoms with van der Waals surface area (Å²) in [7, 11) is 0. The molecule has 2 aromatic rings. The lowest BCUT2D eigenvalue weighted by atomic mass is 10.2. The van der Waals surface area contributed by atoms with E-state index in [1.165, 1.54) is 6.92 Å². The van der Waals surface area contributed by atoms with Gasteiger partial charge in [0.1, 0.15) is 6.54 Å². The van der Waals surface area contributed by atoms with Crippen LogP contribution in [-0.2, 0) is 17.5 Å². The van der Waals surface area contributed by atoms with Crippen LogP contribution in [-0.4, -0.2) is 46.8 Å². The van der Waals surface area contributed by atoms with Crippen molar-refractivity contribution >= 4 is 17.3 Å². The average molecular weight is 367 g/mol. The number of rotatable bonds is 3. The van der Waals surface area contributed by atoms with Crippen LogP contribution in [0, 0.1) is 6.92 Å². The molecule has 1 amide bonds. The van der Waals surface area contributed by atoms with Crippen LogP contribution in [0.4, 0.5) is 24.5 Å². The Balaban J connectivity index is 1.60. The molecule has 1 aliphatic rings. The number of amides is 1. The van der Waals surface area contributed by atoms with Crippen LogP contribution < -0.4 is 10.6 Å². The highest BCUT2D eigenvalue weighted by atomic mass is 19.4. The average Bonchev–Trinajstić information content (AvgIpc) is 2.96. The Bertz CT molecular complexity index is 794. The molecule has 2 N–H and O–H groups in total. The SMILES string of the molecule is Cc1cc(C(F)(F)F)nn1CC(=O)N1CCN(c2cccc(N)c2)CC1. The van der Waals surface area contributed by atoms with Gasteiger partial charge in [-0.2, -0.15) is 18.3 Å². The first-order valence-electron chi connectivity index (χ1n) is 8.24. The summed E-state index contributed by atoms with van der Waals surface area (Å²) in [5.74, 6) is -0.239. The van der Waals surface area contributed by atoms with E-state index in [2.05, 4.69) is 10.00 Å². The molecule has 26 heavy (non-hydrogen) atoms. The van der Waals surface area contributed by atoms with Gasteiger partial charge in [-0.25, -0.2) is 0 Å². The minimum absolute atomic E-state index is 0.194. The number of halogens is 3. The highest BCUT2D eigenvalue weighted by Crippen LogP contribution is 2.28. The van der Waals surface area contributed by atoms with Crippen LogP contribution in [0.15, 0.2) is 30.3 Å². The summed E-state index contributed by atoms with van der Waals surface area (Å²) in [4.78, 5) is 16.2. The van der Waals surface area contributed by atoms with Gasteiger partial charge in [-0.15, -0.1) is 0 Å². The topological polar surface area (TPSA) is 67.4 Å². The minimum Gasteiger partial charge on any atom is -0.399 e. The number of benzene rings is 1. The minimum atomic E-state index is -4.51. The largest absolute Gasteiger partial charge is 0.435 e. The number of alkyl halides is 3. The Labute approximate surface area is 149 Å². The standard InChI is InChI=1S/C17H20F3N5O/c1-12-9-15(17(18,19)20)22-25(12)11-16(26)24-7-5-23(6-8-24)14-4-2-3-13(21)10-14/h2-4,9-10H,5-8,11,21H2,1H3. The quantitative estimate of drug-likeness (QED) is 0.844. The van der Waals surface area contributed by atoms with Crippen LogP contribution in [0.3, 0.4) is 0 Å². The first-order chi connectivity index (χ1) is 12.2. The van der Waals surface area contributed by atoms with Gasteiger partial charge in [-0.1, -0.05) is 6.07 Å². The number of carbonyl (C=O) groups excluding carboxylic acids is 1. The molecule has 0 radical (unpaired) electrons. The normalized spacial score (nSPS) is 15.4. The van der Waals surface area contributed by atoms with Crippen molar-refractivity contribution in [2.24, 2.45) is 0 Å². The molecule has 0 saturated carbocycles. The van der Waals surface area contributed by atoms with Crippen molar-refractivity contribution in [2.75, 3.05) is 36.8 Å². The molecule has 1 aliphatic heterocycles. The fourth-order valence-corrected chi connectivity index (χ4v) is 2.97. The fourth-order valence-electron chi connectivity index (χ4n) is 2.97. The van der Waals surface area contributed by atoms with Crippen molar-refractivity contribution in [3.63, 3.8) is 0 Å². The van der Waals surface area contributed by atoms with Gasteiger partial charge in [-0.3, -0.25) is 9.48 Å². The Kier molecular flexibility index (Phi) is 4.80. The molecule has 1 aromatic carbocycles. The molecule has 1 aromatic heterocycles. The summed E-state index contributed by atoms with van der Waals surface area (Å²) in [6, 6.07) is 8.47. The molecule has 9 heteroatoms. The zero-order valence-electron chi connectivity index (χ0n) is 14.3. The van der Waals surface area contributed by atoms with E-state index in [0.29, 0.717) is 37.6 Å². The monoisotopic (exact) mass is 367 g/mol. The van der Waals surface area contributed by atoms with E-state index >= 15 is 0 Å². The lowest BCUT2D eigenvalue weighted by Gasteiger charge is -2.36. The second-order valence-corrected chi connectivity index (χ2v) is 6.29. The molecular weight excluding hydrogens is 347 g/mol. The van der Waals surface area contributed by atoms with Crippen molar-refractivity contribution in [1.29, 1.82) is 0 Å². The van der Waals surface area contributed by atoms with Gasteiger partial charge in [0.25, 0.3) is 0 Å². The Morgan fingerprint density at radius 2 is 1.88 bits per heavy atom. The summed E-state index contributed by atoms with van der Waals surface area (Å²) in [5.41, 5.74) is 6.80. The number of hydrogen-bond donors (Lipinski definition) is 1. The van der Waals surface area contributed by atoms with E-state index < -0.39 is 11.9 Å². The smallest absolute Gasteiger partial charge is 0.399 e. The van der Waals surface area contributed by atoms with Gasteiger partial charge in [-0.05, 0) is 31.2 Å². The molecule has 0 unspecified atom stereocenters. The third-order valence-corrected chi connectivity index (χ3v) is 4.42. The number of aryl methyl sites for hydroxylation is 1. The third-order valence-electron chi connectivity index (χ3n) is 4.42. The number of hydrogen-bond acceptors (Lipinski definition) is 4. The van der Waals surface area contributed by atoms with Gasteiger partial charge in [0, 0.05) is 43.2 Å². The first kappa shape index (κ1) is 18.1. The number of carbonyl (C=O) groups is 1. The Morgan fingerprint density at radius 1 is 1.19 bits per heavy atom. The van der Waals surface area contributed by atoms with Crippen LogP contribution in [0.25, 0.3) is 0 Å². The molecule has 3 rings (SSSR count). The van der Waals surface area contributed by atoms with Crippen LogP contribution in [0.1, 0.15) is 11.4 Å². The zero-order valence-corrected chi connectivity index (χ0v) is 14.3. The number of aromatic nitrogens is 2. The van der Waals surface area contributed by atoms with Gasteiger partial charge >= 0.3 is 6.18 Å². The van der Waals surface area contributed by atoms with Crippen molar-refractivity contribution in [2.45, 2.75) is 19.6 Å². The summed E-state index contributed by atoms with van der Waals surface area (Å²) in [6.07, 6.45) is -4.51. The molecular formula is C17H20F3N5O. The van der Waals surface area contributed by atoms with E-state index in [9.17, 15) is 18.0 Å². The van der Waals surface area contributed by atoms with E-state index in [0.717, 1.165) is 16.4 Å². The van der Waals surface area contributed by atoms with Crippen molar-refractivity contribution in [3.8, 4) is 0 Å². The van der Waals surface area contributed by atoms with E-state index in [1.807, 2.05) is 24.3 Å². The van der Waals surface area contributed by atoms with Crippen molar-refractivity contribution in [3.05, 3.63) is 41.7 Å². The van der Waals surface area contributed by atoms with Gasteiger partial charge in [0.2, 0.25) is 5.91 Å². The van der Waals surface area contributed by atoms with Crippen LogP contribution in [0.2, 0.25) is 0 Å². The molecule has 1 saturated heterocycles. The Morgan fingerprint density at radius 3 is 2.46 bits per heavy atom. The molecule has 0 spiro atoms.